The number of anilines is 4. The number of benzene rings is 8. The van der Waals surface area contributed by atoms with Crippen molar-refractivity contribution in [3.63, 3.8) is 0 Å². The Kier molecular flexibility index (Phi) is 6.36. The summed E-state index contributed by atoms with van der Waals surface area (Å²) in [6.07, 6.45) is 1.59. The SMILES string of the molecule is [2H]c1c(C([2H])([2H])[2H])c([2H])c2c3ccc4cc3n(c2c1[2H])-c1ccc(cn1)-c1ccc(c(C([2H])([2H])[2H])c1)Oc1ccc(cc1)-c1cccc(-c2ccccc2)c1N1CN(c2cccc(c2)O4)c2ccccc21. The van der Waals surface area contributed by atoms with Gasteiger partial charge in [-0.1, -0.05) is 96.5 Å². The smallest absolute Gasteiger partial charge is 0.137 e. The molecule has 6 nitrogen and oxygen atoms in total. The molecule has 6 heteroatoms. The van der Waals surface area contributed by atoms with Gasteiger partial charge in [-0.2, -0.15) is 0 Å². The van der Waals surface area contributed by atoms with E-state index in [1.165, 1.54) is 0 Å². The van der Waals surface area contributed by atoms with Gasteiger partial charge in [0.25, 0.3) is 0 Å². The van der Waals surface area contributed by atoms with Gasteiger partial charge >= 0.3 is 0 Å². The Bertz CT molecular complexity index is 3760. The fourth-order valence-electron chi connectivity index (χ4n) is 8.80. The van der Waals surface area contributed by atoms with Crippen molar-refractivity contribution < 1.29 is 21.8 Å². The molecule has 0 radical (unpaired) electrons. The van der Waals surface area contributed by atoms with Crippen LogP contribution in [0.25, 0.3) is 61.0 Å². The Morgan fingerprint density at radius 1 is 0.548 bits per heavy atom. The van der Waals surface area contributed by atoms with Crippen LogP contribution in [-0.4, -0.2) is 16.2 Å². The molecule has 2 aromatic heterocycles. The number of aromatic nitrogens is 2. The lowest BCUT2D eigenvalue weighted by molar-refractivity contribution is 0.479. The average Bonchev–Trinajstić information content (AvgIpc) is 3.92. The van der Waals surface area contributed by atoms with Gasteiger partial charge in [0.05, 0.1) is 32.2 Å². The zero-order valence-corrected chi connectivity index (χ0v) is 33.1. The van der Waals surface area contributed by atoms with Crippen molar-refractivity contribution in [2.45, 2.75) is 13.7 Å². The minimum absolute atomic E-state index is 0.00863. The molecule has 0 saturated heterocycles. The second-order valence-electron chi connectivity index (χ2n) is 15.4. The van der Waals surface area contributed by atoms with Crippen molar-refractivity contribution in [2.75, 3.05) is 16.5 Å². The summed E-state index contributed by atoms with van der Waals surface area (Å²) >= 11 is 0. The molecule has 0 fully saturated rings. The van der Waals surface area contributed by atoms with E-state index in [0.717, 1.165) is 45.0 Å². The fourth-order valence-corrected chi connectivity index (χ4v) is 8.80. The number of fused-ring (bicyclic) bond motifs is 6. The minimum atomic E-state index is -2.82. The molecule has 8 aromatic carbocycles. The number of hydrogen-bond acceptors (Lipinski definition) is 5. The van der Waals surface area contributed by atoms with E-state index in [2.05, 4.69) is 52.3 Å². The van der Waals surface area contributed by atoms with Gasteiger partial charge in [0.15, 0.2) is 0 Å². The first-order valence-electron chi connectivity index (χ1n) is 24.8. The summed E-state index contributed by atoms with van der Waals surface area (Å²) in [6.45, 7) is -4.92. The van der Waals surface area contributed by atoms with Crippen molar-refractivity contribution in [3.8, 4) is 62.2 Å². The van der Waals surface area contributed by atoms with E-state index in [9.17, 15) is 2.74 Å². The van der Waals surface area contributed by atoms with Crippen molar-refractivity contribution >= 4 is 44.6 Å². The van der Waals surface area contributed by atoms with E-state index in [-0.39, 0.29) is 34.3 Å². The molecule has 12 bridgehead atoms. The highest BCUT2D eigenvalue weighted by Gasteiger charge is 2.31. The number of rotatable bonds is 1. The van der Waals surface area contributed by atoms with Crippen LogP contribution in [0.1, 0.15) is 23.5 Å². The summed E-state index contributed by atoms with van der Waals surface area (Å²) < 4.78 is 92.4. The maximum absolute atomic E-state index is 9.23. The lowest BCUT2D eigenvalue weighted by atomic mass is 9.95. The molecule has 0 unspecified atom stereocenters. The number of para-hydroxylation sites is 3. The summed E-state index contributed by atoms with van der Waals surface area (Å²) in [5.74, 6) is 1.92. The fraction of sp³-hybridized carbons (Fsp3) is 0.0536. The van der Waals surface area contributed by atoms with Crippen molar-refractivity contribution in [1.82, 2.24) is 9.55 Å². The maximum atomic E-state index is 9.23. The zero-order chi connectivity index (χ0) is 48.9. The summed E-state index contributed by atoms with van der Waals surface area (Å²) in [5.41, 5.74) is 9.14. The molecule has 0 aliphatic carbocycles. The Balaban J connectivity index is 1.08. The van der Waals surface area contributed by atoms with Gasteiger partial charge < -0.3 is 19.3 Å². The van der Waals surface area contributed by atoms with Gasteiger partial charge in [-0.3, -0.25) is 4.57 Å². The Labute approximate surface area is 372 Å². The van der Waals surface area contributed by atoms with Crippen molar-refractivity contribution in [2.24, 2.45) is 0 Å². The van der Waals surface area contributed by atoms with Crippen LogP contribution in [0.2, 0.25) is 0 Å². The average molecular weight is 810 g/mol. The number of aryl methyl sites for hydroxylation is 1. The van der Waals surface area contributed by atoms with E-state index < -0.39 is 25.3 Å². The summed E-state index contributed by atoms with van der Waals surface area (Å²) in [4.78, 5) is 9.39. The molecule has 0 amide bonds. The van der Waals surface area contributed by atoms with Crippen LogP contribution < -0.4 is 19.3 Å². The Morgan fingerprint density at radius 3 is 2.10 bits per heavy atom. The molecule has 62 heavy (non-hydrogen) atoms. The Morgan fingerprint density at radius 2 is 1.29 bits per heavy atom. The van der Waals surface area contributed by atoms with Crippen LogP contribution in [0.3, 0.4) is 0 Å². The predicted octanol–water partition coefficient (Wildman–Crippen LogP) is 14.9. The molecule has 7 heterocycles. The molecule has 0 N–H and O–H groups in total. The van der Waals surface area contributed by atoms with E-state index in [1.807, 2.05) is 78.9 Å². The number of pyridine rings is 1. The first kappa shape index (κ1) is 27.6. The molecule has 5 aliphatic rings. The highest BCUT2D eigenvalue weighted by Crippen LogP contribution is 2.50. The molecule has 5 aliphatic heterocycles. The van der Waals surface area contributed by atoms with Gasteiger partial charge in [0.1, 0.15) is 35.5 Å². The van der Waals surface area contributed by atoms with Gasteiger partial charge in [-0.15, -0.1) is 0 Å². The monoisotopic (exact) mass is 809 g/mol. The number of hydrogen-bond donors (Lipinski definition) is 0. The molecule has 296 valence electrons. The molecule has 15 rings (SSSR count). The second kappa shape index (κ2) is 14.3. The third-order valence-corrected chi connectivity index (χ3v) is 11.7. The van der Waals surface area contributed by atoms with E-state index in [0.29, 0.717) is 51.8 Å². The van der Waals surface area contributed by atoms with Gasteiger partial charge in [0, 0.05) is 59.7 Å². The van der Waals surface area contributed by atoms with Crippen LogP contribution in [0.4, 0.5) is 22.7 Å². The third-order valence-electron chi connectivity index (χ3n) is 11.7. The second-order valence-corrected chi connectivity index (χ2v) is 15.4. The largest absolute Gasteiger partial charge is 0.457 e. The highest BCUT2D eigenvalue weighted by atomic mass is 16.5. The molecule has 0 atom stereocenters. The normalized spacial score (nSPS) is 15.3. The van der Waals surface area contributed by atoms with Gasteiger partial charge in [0.2, 0.25) is 0 Å². The number of nitrogens with zero attached hydrogens (tertiary/aromatic N) is 4. The Hall–Kier alpha value is -8.09. The minimum Gasteiger partial charge on any atom is -0.457 e. The molecule has 0 spiro atoms. The lowest BCUT2D eigenvalue weighted by Crippen LogP contribution is -2.24. The van der Waals surface area contributed by atoms with Crippen molar-refractivity contribution in [1.29, 1.82) is 0 Å². The van der Waals surface area contributed by atoms with Gasteiger partial charge in [-0.25, -0.2) is 4.98 Å². The van der Waals surface area contributed by atoms with E-state index in [4.69, 9.17) is 24.1 Å². The molecule has 0 saturated carbocycles. The van der Waals surface area contributed by atoms with Crippen molar-refractivity contribution in [3.05, 3.63) is 205 Å². The summed E-state index contributed by atoms with van der Waals surface area (Å²) in [6, 6.07) is 52.8. The van der Waals surface area contributed by atoms with E-state index >= 15 is 0 Å². The quantitative estimate of drug-likeness (QED) is 0.165. The van der Waals surface area contributed by atoms with Crippen LogP contribution >= 0.6 is 0 Å². The number of ether oxygens (including phenoxy) is 2. The lowest BCUT2D eigenvalue weighted by Gasteiger charge is -2.27. The topological polar surface area (TPSA) is 42.8 Å². The molecular weight excluding hydrogens is 761 g/mol. The highest BCUT2D eigenvalue weighted by molar-refractivity contribution is 6.10. The van der Waals surface area contributed by atoms with Crippen LogP contribution in [0, 0.1) is 13.7 Å². The van der Waals surface area contributed by atoms with E-state index in [1.54, 1.807) is 59.3 Å². The van der Waals surface area contributed by atoms with Crippen LogP contribution in [-0.2, 0) is 0 Å². The molecule has 10 aromatic rings. The zero-order valence-electron chi connectivity index (χ0n) is 42.1. The van der Waals surface area contributed by atoms with Crippen LogP contribution in [0.5, 0.6) is 23.0 Å². The summed E-state index contributed by atoms with van der Waals surface area (Å²) in [7, 11) is 0. The molecular formula is C56H40N4O2. The van der Waals surface area contributed by atoms with Crippen LogP contribution in [0.15, 0.2) is 194 Å². The first-order valence-corrected chi connectivity index (χ1v) is 20.3. The predicted molar refractivity (Wildman–Crippen MR) is 253 cm³/mol. The standard InChI is InChI=1S/C56H40N4O2/c1-36-18-27-50-49(30-36)48-26-25-45-33-53(48)60(50)55-29-22-41(34-57-55)40-21-28-54(37(2)31-40)62-43-23-19-39(20-24-43)47-15-9-14-46(38-10-4-3-5-11-38)56(47)59-35-58(51-16-6-7-17-52(51)59)42-12-8-13-44(32-42)61-45/h3-34H,35H2,1-2H3/i1D3,2D3,18D,27D,30D. The first-order chi connectivity index (χ1) is 34.2. The van der Waals surface area contributed by atoms with Gasteiger partial charge in [-0.05, 0) is 121 Å². The summed E-state index contributed by atoms with van der Waals surface area (Å²) in [5, 5.41) is 0.664. The third kappa shape index (κ3) is 5.99. The maximum Gasteiger partial charge on any atom is 0.137 e.